The number of carboxylic acid groups (broad SMARTS) is 1. The van der Waals surface area contributed by atoms with Crippen molar-refractivity contribution in [3.63, 3.8) is 0 Å². The first-order valence-corrected chi connectivity index (χ1v) is 24.0. The fourth-order valence-electron chi connectivity index (χ4n) is 5.96. The van der Waals surface area contributed by atoms with E-state index in [1.807, 2.05) is 58.0 Å². The number of esters is 2. The zero-order valence-corrected chi connectivity index (χ0v) is 42.7. The molecule has 0 spiro atoms. The Balaban J connectivity index is -0.000000391. The SMILES string of the molecule is CC.CC.CN[C@@H](CCC(=O)CCCCCCC[NH3+])C(C)=O.CN[C@@H](CCC(=O)CCCC[NH3+])C(C)=O.CN[C@@H](CCC(=O)[O-])C(C)=O.O=C(CC[C@@H]1NC(=O)OC1=O)OCc1ccccc1. The lowest BCUT2D eigenvalue weighted by molar-refractivity contribution is -0.368. The molecule has 0 radical (unpaired) electrons. The number of carbonyl (C=O) groups excluding carboxylic acids is 9. The first-order chi connectivity index (χ1) is 31.9. The van der Waals surface area contributed by atoms with E-state index in [0.29, 0.717) is 44.9 Å². The van der Waals surface area contributed by atoms with Crippen molar-refractivity contribution in [2.75, 3.05) is 34.2 Å². The van der Waals surface area contributed by atoms with Gasteiger partial charge in [-0.2, -0.15) is 0 Å². The summed E-state index contributed by atoms with van der Waals surface area (Å²) in [5, 5.41) is 20.9. The molecule has 1 aliphatic rings. The number of amides is 1. The number of unbranched alkanes of at least 4 members (excludes halogenated alkanes) is 5. The summed E-state index contributed by atoms with van der Waals surface area (Å²) in [6.45, 7) is 14.6. The van der Waals surface area contributed by atoms with Gasteiger partial charge in [0.05, 0.1) is 31.2 Å². The Morgan fingerprint density at radius 2 is 1.03 bits per heavy atom. The number of nitrogens with one attached hydrogen (secondary N) is 4. The zero-order valence-electron chi connectivity index (χ0n) is 42.7. The van der Waals surface area contributed by atoms with E-state index >= 15 is 0 Å². The standard InChI is InChI=1S/C14H28N2O2.C13H13NO5.C11H22N2O2.C7H13NO3.2C2H6/c1-12(17)14(16-2)10-9-13(18)8-6-4-3-5-7-11-15;15-11(18-8-9-4-2-1-3-5-9)7-6-10-12(16)19-13(17)14-10;1-9(14)11(13-2)7-6-10(15)5-3-4-8-12;1-5(9)6(8-2)3-4-7(10)11;2*1-2/h14,16H,3-11,15H2,1-2H3;1-5,10H,6-8H2,(H,14,17);11,13H,3-8,12H2,1-2H3;6,8H,3-4H2,1-2H3,(H,10,11);2*1-2H3/p+1/t14-;10-;11-;6-;;/m0000../s1. The molecule has 0 bridgehead atoms. The minimum absolute atomic E-state index is 0.0475. The molecule has 1 heterocycles. The summed E-state index contributed by atoms with van der Waals surface area (Å²) in [6, 6.07) is 7.85. The van der Waals surface area contributed by atoms with E-state index in [2.05, 4.69) is 37.5 Å². The van der Waals surface area contributed by atoms with Gasteiger partial charge < -0.3 is 52.1 Å². The topological polar surface area (TPSA) is 299 Å². The van der Waals surface area contributed by atoms with Crippen molar-refractivity contribution in [3.05, 3.63) is 35.9 Å². The highest BCUT2D eigenvalue weighted by Crippen LogP contribution is 2.10. The molecular weight excluding hydrogens is 865 g/mol. The average molecular weight is 954 g/mol. The van der Waals surface area contributed by atoms with E-state index in [9.17, 15) is 48.3 Å². The summed E-state index contributed by atoms with van der Waals surface area (Å²) in [5.74, 6) is -1.49. The fraction of sp³-hybridized carbons (Fsp3) is 0.694. The van der Waals surface area contributed by atoms with Gasteiger partial charge in [-0.3, -0.25) is 28.8 Å². The van der Waals surface area contributed by atoms with Crippen molar-refractivity contribution < 1.29 is 69.2 Å². The number of ketones is 5. The van der Waals surface area contributed by atoms with Crippen molar-refractivity contribution in [2.24, 2.45) is 0 Å². The Kier molecular flexibility index (Phi) is 49.0. The maximum atomic E-state index is 11.6. The summed E-state index contributed by atoms with van der Waals surface area (Å²) >= 11 is 0. The Bertz CT molecular complexity index is 1510. The second-order valence-electron chi connectivity index (χ2n) is 15.2. The highest BCUT2D eigenvalue weighted by atomic mass is 16.6. The van der Waals surface area contributed by atoms with Crippen LogP contribution < -0.4 is 37.8 Å². The van der Waals surface area contributed by atoms with Crippen LogP contribution in [-0.2, 0) is 54.4 Å². The maximum Gasteiger partial charge on any atom is 0.415 e. The molecule has 1 amide bonds. The number of carbonyl (C=O) groups is 9. The first-order valence-electron chi connectivity index (χ1n) is 24.0. The number of Topliss-reactive ketones (excluding diaryl/α,β-unsaturated/α-hetero) is 5. The fourth-order valence-corrected chi connectivity index (χ4v) is 5.96. The first kappa shape index (κ1) is 68.8. The van der Waals surface area contributed by atoms with Crippen molar-refractivity contribution in [1.82, 2.24) is 21.3 Å². The van der Waals surface area contributed by atoms with Gasteiger partial charge in [-0.05, 0) is 112 Å². The highest BCUT2D eigenvalue weighted by Gasteiger charge is 2.32. The van der Waals surface area contributed by atoms with Crippen molar-refractivity contribution >= 4 is 52.9 Å². The van der Waals surface area contributed by atoms with Gasteiger partial charge in [0.25, 0.3) is 0 Å². The Labute approximate surface area is 401 Å². The minimum atomic E-state index is -1.12. The van der Waals surface area contributed by atoms with Gasteiger partial charge in [0, 0.05) is 38.1 Å². The maximum absolute atomic E-state index is 11.6. The monoisotopic (exact) mass is 954 g/mol. The number of rotatable bonds is 31. The quantitative estimate of drug-likeness (QED) is 0.0354. The third-order valence-electron chi connectivity index (χ3n) is 9.89. The van der Waals surface area contributed by atoms with Crippen molar-refractivity contribution in [3.8, 4) is 0 Å². The number of aliphatic carboxylic acids is 1. The van der Waals surface area contributed by atoms with Crippen molar-refractivity contribution in [2.45, 2.75) is 188 Å². The minimum Gasteiger partial charge on any atom is -0.550 e. The molecule has 0 unspecified atom stereocenters. The molecule has 1 fully saturated rings. The van der Waals surface area contributed by atoms with Crippen LogP contribution in [0.4, 0.5) is 4.79 Å². The van der Waals surface area contributed by atoms with Gasteiger partial charge in [-0.1, -0.05) is 70.9 Å². The molecule has 1 saturated heterocycles. The van der Waals surface area contributed by atoms with E-state index in [0.717, 1.165) is 44.3 Å². The molecule has 10 N–H and O–H groups in total. The summed E-state index contributed by atoms with van der Waals surface area (Å²) in [4.78, 5) is 99.3. The van der Waals surface area contributed by atoms with Crippen LogP contribution in [0.3, 0.4) is 0 Å². The highest BCUT2D eigenvalue weighted by molar-refractivity contribution is 5.95. The Hall–Kier alpha value is -4.75. The third kappa shape index (κ3) is 42.4. The van der Waals surface area contributed by atoms with Crippen LogP contribution >= 0.6 is 0 Å². The van der Waals surface area contributed by atoms with E-state index in [1.165, 1.54) is 26.2 Å². The van der Waals surface area contributed by atoms with Crippen LogP contribution in [0.2, 0.25) is 0 Å². The number of alkyl carbamates (subject to hydrolysis) is 1. The normalized spacial score (nSPS) is 13.4. The number of benzene rings is 1. The lowest BCUT2D eigenvalue weighted by Crippen LogP contribution is -2.50. The molecule has 0 aliphatic carbocycles. The number of quaternary nitrogens is 2. The summed E-state index contributed by atoms with van der Waals surface area (Å²) in [5.41, 5.74) is 8.43. The van der Waals surface area contributed by atoms with Gasteiger partial charge in [-0.25, -0.2) is 9.59 Å². The lowest BCUT2D eigenvalue weighted by atomic mass is 10.0. The van der Waals surface area contributed by atoms with Crippen LogP contribution in [-0.4, -0.2) is 111 Å². The van der Waals surface area contributed by atoms with Crippen molar-refractivity contribution in [1.29, 1.82) is 0 Å². The summed E-state index contributed by atoms with van der Waals surface area (Å²) < 4.78 is 9.34. The number of likely N-dealkylation sites (N-methyl/N-ethyl adjacent to an activating group) is 3. The van der Waals surface area contributed by atoms with E-state index in [1.54, 1.807) is 35.0 Å². The number of cyclic esters (lactones) is 2. The molecule has 18 nitrogen and oxygen atoms in total. The predicted molar refractivity (Wildman–Crippen MR) is 257 cm³/mol. The molecule has 18 heteroatoms. The average Bonchev–Trinajstić information content (AvgIpc) is 3.64. The second kappa shape index (κ2) is 47.7. The van der Waals surface area contributed by atoms with Crippen LogP contribution in [0.1, 0.15) is 163 Å². The number of hydrogen-bond donors (Lipinski definition) is 6. The molecule has 386 valence electrons. The number of carboxylic acids is 1. The molecule has 2 rings (SSSR count). The number of hydrogen-bond acceptors (Lipinski definition) is 15. The number of ether oxygens (including phenoxy) is 2. The predicted octanol–water partition coefficient (Wildman–Crippen LogP) is 2.91. The summed E-state index contributed by atoms with van der Waals surface area (Å²) in [6.07, 6.45) is 10.9. The molecular formula is C49H89N6O12+. The lowest BCUT2D eigenvalue weighted by Gasteiger charge is -2.11. The zero-order chi connectivity index (χ0) is 52.0. The van der Waals surface area contributed by atoms with Gasteiger partial charge in [0.1, 0.15) is 41.6 Å². The van der Waals surface area contributed by atoms with E-state index in [4.69, 9.17) is 4.74 Å². The van der Waals surface area contributed by atoms with Gasteiger partial charge in [0.15, 0.2) is 0 Å². The van der Waals surface area contributed by atoms with Gasteiger partial charge in [-0.15, -0.1) is 0 Å². The third-order valence-corrected chi connectivity index (χ3v) is 9.89. The van der Waals surface area contributed by atoms with Crippen LogP contribution in [0, 0.1) is 0 Å². The van der Waals surface area contributed by atoms with Crippen LogP contribution in [0.25, 0.3) is 0 Å². The molecule has 67 heavy (non-hydrogen) atoms. The summed E-state index contributed by atoms with van der Waals surface area (Å²) in [7, 11) is 5.14. The largest absolute Gasteiger partial charge is 0.550 e. The molecule has 1 aromatic carbocycles. The van der Waals surface area contributed by atoms with Crippen LogP contribution in [0.15, 0.2) is 30.3 Å². The van der Waals surface area contributed by atoms with E-state index in [-0.39, 0.29) is 72.9 Å². The van der Waals surface area contributed by atoms with E-state index < -0.39 is 30.0 Å². The Morgan fingerprint density at radius 1 is 0.627 bits per heavy atom. The molecule has 1 aliphatic heterocycles. The second-order valence-corrected chi connectivity index (χ2v) is 15.2. The van der Waals surface area contributed by atoms with Gasteiger partial charge in [0.2, 0.25) is 0 Å². The molecule has 4 atom stereocenters. The molecule has 0 saturated carbocycles. The van der Waals surface area contributed by atoms with Crippen LogP contribution in [0.5, 0.6) is 0 Å². The smallest absolute Gasteiger partial charge is 0.415 e. The molecule has 1 aromatic rings. The Morgan fingerprint density at radius 3 is 1.42 bits per heavy atom. The molecule has 0 aromatic heterocycles. The van der Waals surface area contributed by atoms with Gasteiger partial charge >= 0.3 is 18.0 Å².